The fourth-order valence-corrected chi connectivity index (χ4v) is 2.52. The molecule has 1 unspecified atom stereocenters. The van der Waals surface area contributed by atoms with Crippen LogP contribution in [-0.2, 0) is 9.59 Å². The quantitative estimate of drug-likeness (QED) is 0.826. The minimum Gasteiger partial charge on any atom is -0.368 e. The molecule has 0 aromatic heterocycles. The average Bonchev–Trinajstić information content (AvgIpc) is 2.96. The number of rotatable bonds is 5. The zero-order valence-electron chi connectivity index (χ0n) is 12.0. The van der Waals surface area contributed by atoms with E-state index in [-0.39, 0.29) is 24.4 Å². The van der Waals surface area contributed by atoms with Gasteiger partial charge in [-0.05, 0) is 31.0 Å². The summed E-state index contributed by atoms with van der Waals surface area (Å²) in [7, 11) is 0. The maximum atomic E-state index is 13.0. The highest BCUT2D eigenvalue weighted by Gasteiger charge is 2.32. The van der Waals surface area contributed by atoms with Crippen molar-refractivity contribution < 1.29 is 18.8 Å². The Bertz CT molecular complexity index is 591. The first-order valence-electron chi connectivity index (χ1n) is 7.11. The SMILES string of the molecule is NC(=O)C1CCCN1C(=O)CCNC(=O)c1cccc(F)c1. The third-order valence-corrected chi connectivity index (χ3v) is 3.61. The molecule has 1 fully saturated rings. The van der Waals surface area contributed by atoms with E-state index in [9.17, 15) is 18.8 Å². The van der Waals surface area contributed by atoms with Crippen LogP contribution in [0.4, 0.5) is 4.39 Å². The summed E-state index contributed by atoms with van der Waals surface area (Å²) < 4.78 is 13.0. The average molecular weight is 307 g/mol. The first kappa shape index (κ1) is 15.9. The lowest BCUT2D eigenvalue weighted by atomic mass is 10.2. The van der Waals surface area contributed by atoms with Gasteiger partial charge in [-0.3, -0.25) is 14.4 Å². The topological polar surface area (TPSA) is 92.5 Å². The number of amides is 3. The van der Waals surface area contributed by atoms with Crippen molar-refractivity contribution in [1.29, 1.82) is 0 Å². The molecule has 118 valence electrons. The fourth-order valence-electron chi connectivity index (χ4n) is 2.52. The van der Waals surface area contributed by atoms with Gasteiger partial charge in [-0.15, -0.1) is 0 Å². The molecule has 0 aliphatic carbocycles. The Balaban J connectivity index is 1.82. The third-order valence-electron chi connectivity index (χ3n) is 3.61. The van der Waals surface area contributed by atoms with Gasteiger partial charge in [0.15, 0.2) is 0 Å². The molecule has 1 aliphatic rings. The van der Waals surface area contributed by atoms with Crippen molar-refractivity contribution in [3.8, 4) is 0 Å². The van der Waals surface area contributed by atoms with Gasteiger partial charge in [0.25, 0.3) is 5.91 Å². The maximum Gasteiger partial charge on any atom is 0.251 e. The summed E-state index contributed by atoms with van der Waals surface area (Å²) in [5.41, 5.74) is 5.45. The number of nitrogens with two attached hydrogens (primary N) is 1. The van der Waals surface area contributed by atoms with Crippen molar-refractivity contribution >= 4 is 17.7 Å². The van der Waals surface area contributed by atoms with Gasteiger partial charge in [0.2, 0.25) is 11.8 Å². The van der Waals surface area contributed by atoms with Crippen LogP contribution in [0, 0.1) is 5.82 Å². The van der Waals surface area contributed by atoms with Crippen molar-refractivity contribution in [2.75, 3.05) is 13.1 Å². The number of hydrogen-bond donors (Lipinski definition) is 2. The zero-order chi connectivity index (χ0) is 16.1. The van der Waals surface area contributed by atoms with Crippen molar-refractivity contribution in [2.24, 2.45) is 5.73 Å². The van der Waals surface area contributed by atoms with Gasteiger partial charge >= 0.3 is 0 Å². The highest BCUT2D eigenvalue weighted by atomic mass is 19.1. The van der Waals surface area contributed by atoms with E-state index in [4.69, 9.17) is 5.73 Å². The third kappa shape index (κ3) is 3.81. The van der Waals surface area contributed by atoms with E-state index in [0.29, 0.717) is 13.0 Å². The van der Waals surface area contributed by atoms with Gasteiger partial charge in [0.05, 0.1) is 0 Å². The molecule has 2 rings (SSSR count). The molecule has 1 aromatic rings. The lowest BCUT2D eigenvalue weighted by molar-refractivity contribution is -0.137. The van der Waals surface area contributed by atoms with Crippen LogP contribution in [0.1, 0.15) is 29.6 Å². The number of halogens is 1. The van der Waals surface area contributed by atoms with E-state index < -0.39 is 23.7 Å². The number of hydrogen-bond acceptors (Lipinski definition) is 3. The molecule has 0 saturated carbocycles. The number of benzene rings is 1. The van der Waals surface area contributed by atoms with Gasteiger partial charge < -0.3 is 16.0 Å². The number of primary amides is 1. The normalized spacial score (nSPS) is 17.3. The van der Waals surface area contributed by atoms with Crippen LogP contribution >= 0.6 is 0 Å². The molecule has 7 heteroatoms. The van der Waals surface area contributed by atoms with E-state index >= 15 is 0 Å². The van der Waals surface area contributed by atoms with Crippen LogP contribution in [0.25, 0.3) is 0 Å². The molecule has 22 heavy (non-hydrogen) atoms. The van der Waals surface area contributed by atoms with Crippen LogP contribution in [0.3, 0.4) is 0 Å². The van der Waals surface area contributed by atoms with E-state index in [1.807, 2.05) is 0 Å². The summed E-state index contributed by atoms with van der Waals surface area (Å²) in [5.74, 6) is -1.67. The molecule has 1 aromatic carbocycles. The van der Waals surface area contributed by atoms with Crippen molar-refractivity contribution in [1.82, 2.24) is 10.2 Å². The zero-order valence-corrected chi connectivity index (χ0v) is 12.0. The summed E-state index contributed by atoms with van der Waals surface area (Å²) in [6, 6.07) is 4.76. The lowest BCUT2D eigenvalue weighted by Gasteiger charge is -2.22. The van der Waals surface area contributed by atoms with E-state index in [1.54, 1.807) is 0 Å². The predicted octanol–water partition coefficient (Wildman–Crippen LogP) is 0.422. The summed E-state index contributed by atoms with van der Waals surface area (Å²) in [6.07, 6.45) is 1.40. The van der Waals surface area contributed by atoms with Gasteiger partial charge in [-0.1, -0.05) is 6.07 Å². The van der Waals surface area contributed by atoms with Gasteiger partial charge in [-0.25, -0.2) is 4.39 Å². The Labute approximate surface area is 127 Å². The summed E-state index contributed by atoms with van der Waals surface area (Å²) in [4.78, 5) is 36.5. The van der Waals surface area contributed by atoms with Crippen LogP contribution in [-0.4, -0.2) is 41.8 Å². The van der Waals surface area contributed by atoms with Crippen LogP contribution in [0.5, 0.6) is 0 Å². The summed E-state index contributed by atoms with van der Waals surface area (Å²) in [5, 5.41) is 2.56. The second-order valence-corrected chi connectivity index (χ2v) is 5.16. The number of carbonyl (C=O) groups is 3. The molecule has 0 spiro atoms. The Kier molecular flexibility index (Phi) is 5.08. The van der Waals surface area contributed by atoms with Crippen LogP contribution in [0.2, 0.25) is 0 Å². The molecule has 0 bridgehead atoms. The monoisotopic (exact) mass is 307 g/mol. The van der Waals surface area contributed by atoms with Crippen molar-refractivity contribution in [3.63, 3.8) is 0 Å². The largest absolute Gasteiger partial charge is 0.368 e. The number of nitrogens with one attached hydrogen (secondary N) is 1. The highest BCUT2D eigenvalue weighted by Crippen LogP contribution is 2.17. The molecule has 1 aliphatic heterocycles. The molecule has 3 amide bonds. The van der Waals surface area contributed by atoms with E-state index in [1.165, 1.54) is 23.1 Å². The molecule has 3 N–H and O–H groups in total. The molecule has 0 radical (unpaired) electrons. The number of likely N-dealkylation sites (tertiary alicyclic amines) is 1. The smallest absolute Gasteiger partial charge is 0.251 e. The lowest BCUT2D eigenvalue weighted by Crippen LogP contribution is -2.44. The van der Waals surface area contributed by atoms with E-state index in [0.717, 1.165) is 12.5 Å². The Morgan fingerprint density at radius 2 is 2.14 bits per heavy atom. The first-order chi connectivity index (χ1) is 10.5. The van der Waals surface area contributed by atoms with Crippen molar-refractivity contribution in [3.05, 3.63) is 35.6 Å². The molecular formula is C15H18FN3O3. The summed E-state index contributed by atoms with van der Waals surface area (Å²) in [6.45, 7) is 0.625. The molecule has 1 atom stereocenters. The Hall–Kier alpha value is -2.44. The van der Waals surface area contributed by atoms with Gasteiger partial charge in [0, 0.05) is 25.1 Å². The fraction of sp³-hybridized carbons (Fsp3) is 0.400. The van der Waals surface area contributed by atoms with Gasteiger partial charge in [0.1, 0.15) is 11.9 Å². The van der Waals surface area contributed by atoms with Gasteiger partial charge in [-0.2, -0.15) is 0 Å². The van der Waals surface area contributed by atoms with Crippen LogP contribution < -0.4 is 11.1 Å². The molecule has 6 nitrogen and oxygen atoms in total. The number of nitrogens with zero attached hydrogens (tertiary/aromatic N) is 1. The number of carbonyl (C=O) groups excluding carboxylic acids is 3. The highest BCUT2D eigenvalue weighted by molar-refractivity contribution is 5.94. The molecule has 1 saturated heterocycles. The second-order valence-electron chi connectivity index (χ2n) is 5.16. The predicted molar refractivity (Wildman–Crippen MR) is 77.3 cm³/mol. The minimum absolute atomic E-state index is 0.0742. The maximum absolute atomic E-state index is 13.0. The van der Waals surface area contributed by atoms with Crippen molar-refractivity contribution in [2.45, 2.75) is 25.3 Å². The summed E-state index contributed by atoms with van der Waals surface area (Å²) >= 11 is 0. The molecule has 1 heterocycles. The first-order valence-corrected chi connectivity index (χ1v) is 7.11. The standard InChI is InChI=1S/C15H18FN3O3/c16-11-4-1-3-10(9-11)15(22)18-7-6-13(20)19-8-2-5-12(19)14(17)21/h1,3-4,9,12H,2,5-8H2,(H2,17,21)(H,18,22). The van der Waals surface area contributed by atoms with E-state index in [2.05, 4.69) is 5.32 Å². The van der Waals surface area contributed by atoms with Crippen LogP contribution in [0.15, 0.2) is 24.3 Å². The Morgan fingerprint density at radius 1 is 1.36 bits per heavy atom. The minimum atomic E-state index is -0.550. The second kappa shape index (κ2) is 7.02. The molecular weight excluding hydrogens is 289 g/mol. The Morgan fingerprint density at radius 3 is 2.82 bits per heavy atom.